The van der Waals surface area contributed by atoms with Gasteiger partial charge in [0.2, 0.25) is 0 Å². The summed E-state index contributed by atoms with van der Waals surface area (Å²) in [5, 5.41) is 9.80. The van der Waals surface area contributed by atoms with Crippen molar-refractivity contribution in [2.45, 2.75) is 6.92 Å². The molecule has 0 unspecified atom stereocenters. The van der Waals surface area contributed by atoms with Gasteiger partial charge in [0.1, 0.15) is 5.69 Å². The first-order chi connectivity index (χ1) is 10.6. The van der Waals surface area contributed by atoms with Gasteiger partial charge < -0.3 is 5.32 Å². The van der Waals surface area contributed by atoms with Crippen LogP contribution in [0.5, 0.6) is 0 Å². The van der Waals surface area contributed by atoms with Crippen LogP contribution in [0.3, 0.4) is 0 Å². The standard InChI is InChI=1S/C16H13BrN4O/c1-10-8-12(17)2-3-13(10)19-16(22)15-9-14(20-21-15)11-4-6-18-7-5-11/h2-9H,1H3,(H,19,22)(H,20,21). The molecule has 5 nitrogen and oxygen atoms in total. The first-order valence-electron chi connectivity index (χ1n) is 6.67. The number of hydrogen-bond acceptors (Lipinski definition) is 3. The van der Waals surface area contributed by atoms with Crippen molar-refractivity contribution in [3.05, 3.63) is 64.5 Å². The summed E-state index contributed by atoms with van der Waals surface area (Å²) in [7, 11) is 0. The third-order valence-electron chi connectivity index (χ3n) is 3.24. The fourth-order valence-corrected chi connectivity index (χ4v) is 2.54. The van der Waals surface area contributed by atoms with Crippen molar-refractivity contribution in [2.75, 3.05) is 5.32 Å². The van der Waals surface area contributed by atoms with Crippen molar-refractivity contribution < 1.29 is 4.79 Å². The van der Waals surface area contributed by atoms with E-state index in [-0.39, 0.29) is 5.91 Å². The zero-order valence-corrected chi connectivity index (χ0v) is 13.4. The maximum atomic E-state index is 12.3. The van der Waals surface area contributed by atoms with Gasteiger partial charge in [-0.15, -0.1) is 0 Å². The highest BCUT2D eigenvalue weighted by Gasteiger charge is 2.12. The van der Waals surface area contributed by atoms with Gasteiger partial charge in [0.25, 0.3) is 5.91 Å². The van der Waals surface area contributed by atoms with E-state index in [0.29, 0.717) is 11.4 Å². The predicted molar refractivity (Wildman–Crippen MR) is 88.7 cm³/mol. The second kappa shape index (κ2) is 6.11. The summed E-state index contributed by atoms with van der Waals surface area (Å²) in [5.41, 5.74) is 3.78. The molecule has 0 spiro atoms. The number of aromatic nitrogens is 3. The van der Waals surface area contributed by atoms with E-state index in [0.717, 1.165) is 21.3 Å². The molecule has 22 heavy (non-hydrogen) atoms. The van der Waals surface area contributed by atoms with Gasteiger partial charge in [0, 0.05) is 28.1 Å². The van der Waals surface area contributed by atoms with Gasteiger partial charge in [-0.1, -0.05) is 15.9 Å². The molecule has 2 heterocycles. The third-order valence-corrected chi connectivity index (χ3v) is 3.73. The molecule has 3 rings (SSSR count). The van der Waals surface area contributed by atoms with Crippen LogP contribution in [0.1, 0.15) is 16.1 Å². The monoisotopic (exact) mass is 356 g/mol. The molecule has 1 aromatic carbocycles. The molecule has 0 radical (unpaired) electrons. The van der Waals surface area contributed by atoms with Crippen LogP contribution >= 0.6 is 15.9 Å². The Morgan fingerprint density at radius 2 is 1.95 bits per heavy atom. The van der Waals surface area contributed by atoms with Crippen LogP contribution in [-0.2, 0) is 0 Å². The molecule has 0 aliphatic carbocycles. The lowest BCUT2D eigenvalue weighted by molar-refractivity contribution is 0.102. The molecule has 110 valence electrons. The lowest BCUT2D eigenvalue weighted by Gasteiger charge is -2.07. The molecule has 0 aliphatic rings. The largest absolute Gasteiger partial charge is 0.320 e. The SMILES string of the molecule is Cc1cc(Br)ccc1NC(=O)c1cc(-c2ccncc2)n[nH]1. The van der Waals surface area contributed by atoms with Crippen molar-refractivity contribution >= 4 is 27.5 Å². The fraction of sp³-hybridized carbons (Fsp3) is 0.0625. The highest BCUT2D eigenvalue weighted by atomic mass is 79.9. The number of amides is 1. The summed E-state index contributed by atoms with van der Waals surface area (Å²) in [6, 6.07) is 11.1. The first-order valence-corrected chi connectivity index (χ1v) is 7.46. The smallest absolute Gasteiger partial charge is 0.273 e. The van der Waals surface area contributed by atoms with Crippen LogP contribution in [0.2, 0.25) is 0 Å². The minimum Gasteiger partial charge on any atom is -0.320 e. The summed E-state index contributed by atoms with van der Waals surface area (Å²) in [6.45, 7) is 1.94. The number of anilines is 1. The zero-order valence-electron chi connectivity index (χ0n) is 11.8. The number of benzene rings is 1. The Bertz CT molecular complexity index is 814. The molecule has 1 amide bonds. The maximum Gasteiger partial charge on any atom is 0.273 e. The Balaban J connectivity index is 1.80. The van der Waals surface area contributed by atoms with Crippen LogP contribution in [0.25, 0.3) is 11.3 Å². The molecule has 0 saturated carbocycles. The van der Waals surface area contributed by atoms with Gasteiger partial charge >= 0.3 is 0 Å². The quantitative estimate of drug-likeness (QED) is 0.749. The third kappa shape index (κ3) is 3.07. The number of pyridine rings is 1. The van der Waals surface area contributed by atoms with E-state index in [1.54, 1.807) is 18.5 Å². The second-order valence-corrected chi connectivity index (χ2v) is 5.73. The normalized spacial score (nSPS) is 10.5. The average Bonchev–Trinajstić information content (AvgIpc) is 3.01. The minimum atomic E-state index is -0.224. The van der Waals surface area contributed by atoms with Gasteiger partial charge in [0.15, 0.2) is 0 Å². The summed E-state index contributed by atoms with van der Waals surface area (Å²) in [5.74, 6) is -0.224. The molecular weight excluding hydrogens is 344 g/mol. The molecular formula is C16H13BrN4O. The number of halogens is 1. The number of H-pyrrole nitrogens is 1. The van der Waals surface area contributed by atoms with Crippen LogP contribution in [0.15, 0.2) is 53.3 Å². The minimum absolute atomic E-state index is 0.224. The molecule has 6 heteroatoms. The van der Waals surface area contributed by atoms with Crippen molar-refractivity contribution in [3.8, 4) is 11.3 Å². The van der Waals surface area contributed by atoms with Crippen molar-refractivity contribution in [2.24, 2.45) is 0 Å². The molecule has 0 fully saturated rings. The molecule has 0 saturated heterocycles. The number of aryl methyl sites for hydroxylation is 1. The van der Waals surface area contributed by atoms with E-state index in [1.807, 2.05) is 37.3 Å². The number of nitrogens with zero attached hydrogens (tertiary/aromatic N) is 2. The molecule has 2 aromatic heterocycles. The summed E-state index contributed by atoms with van der Waals surface area (Å²) < 4.78 is 0.976. The average molecular weight is 357 g/mol. The number of carbonyl (C=O) groups is 1. The Morgan fingerprint density at radius 3 is 2.68 bits per heavy atom. The van der Waals surface area contributed by atoms with Crippen molar-refractivity contribution in [1.82, 2.24) is 15.2 Å². The van der Waals surface area contributed by atoms with E-state index in [2.05, 4.69) is 36.4 Å². The van der Waals surface area contributed by atoms with E-state index < -0.39 is 0 Å². The van der Waals surface area contributed by atoms with Gasteiger partial charge in [-0.3, -0.25) is 14.9 Å². The lowest BCUT2D eigenvalue weighted by Crippen LogP contribution is -2.13. The zero-order chi connectivity index (χ0) is 15.5. The number of rotatable bonds is 3. The summed E-state index contributed by atoms with van der Waals surface area (Å²) >= 11 is 3.40. The molecule has 0 bridgehead atoms. The highest BCUT2D eigenvalue weighted by molar-refractivity contribution is 9.10. The number of nitrogens with one attached hydrogen (secondary N) is 2. The first kappa shape index (κ1) is 14.5. The van der Waals surface area contributed by atoms with E-state index >= 15 is 0 Å². The Morgan fingerprint density at radius 1 is 1.18 bits per heavy atom. The Hall–Kier alpha value is -2.47. The van der Waals surface area contributed by atoms with Gasteiger partial charge in [-0.25, -0.2) is 0 Å². The molecule has 3 aromatic rings. The Kier molecular flexibility index (Phi) is 4.02. The predicted octanol–water partition coefficient (Wildman–Crippen LogP) is 3.79. The van der Waals surface area contributed by atoms with Gasteiger partial charge in [-0.05, 0) is 48.9 Å². The maximum absolute atomic E-state index is 12.3. The molecule has 0 aliphatic heterocycles. The van der Waals surface area contributed by atoms with E-state index in [4.69, 9.17) is 0 Å². The highest BCUT2D eigenvalue weighted by Crippen LogP contribution is 2.21. The molecule has 0 atom stereocenters. The summed E-state index contributed by atoms with van der Waals surface area (Å²) in [4.78, 5) is 16.3. The van der Waals surface area contributed by atoms with Crippen LogP contribution in [0.4, 0.5) is 5.69 Å². The number of carbonyl (C=O) groups excluding carboxylic acids is 1. The van der Waals surface area contributed by atoms with Crippen LogP contribution in [-0.4, -0.2) is 21.1 Å². The second-order valence-electron chi connectivity index (χ2n) is 4.82. The van der Waals surface area contributed by atoms with Gasteiger partial charge in [-0.2, -0.15) is 5.10 Å². The number of aromatic amines is 1. The fourth-order valence-electron chi connectivity index (χ4n) is 2.07. The lowest BCUT2D eigenvalue weighted by atomic mass is 10.2. The Labute approximate surface area is 135 Å². The van der Waals surface area contributed by atoms with Crippen LogP contribution in [0, 0.1) is 6.92 Å². The van der Waals surface area contributed by atoms with E-state index in [9.17, 15) is 4.79 Å². The van der Waals surface area contributed by atoms with Gasteiger partial charge in [0.05, 0.1) is 5.69 Å². The van der Waals surface area contributed by atoms with E-state index in [1.165, 1.54) is 0 Å². The van der Waals surface area contributed by atoms with Crippen LogP contribution < -0.4 is 5.32 Å². The number of hydrogen-bond donors (Lipinski definition) is 2. The molecule has 2 N–H and O–H groups in total. The summed E-state index contributed by atoms with van der Waals surface area (Å²) in [6.07, 6.45) is 3.38. The van der Waals surface area contributed by atoms with Crippen molar-refractivity contribution in [1.29, 1.82) is 0 Å². The van der Waals surface area contributed by atoms with Crippen molar-refractivity contribution in [3.63, 3.8) is 0 Å². The topological polar surface area (TPSA) is 70.7 Å².